The minimum absolute atomic E-state index is 0.0219. The van der Waals surface area contributed by atoms with Gasteiger partial charge in [-0.2, -0.15) is 0 Å². The minimum atomic E-state index is 0.0219. The number of rotatable bonds is 7. The van der Waals surface area contributed by atoms with E-state index in [2.05, 4.69) is 4.98 Å². The summed E-state index contributed by atoms with van der Waals surface area (Å²) >= 11 is 0. The maximum atomic E-state index is 11.6. The standard InChI is InChI=1S/C19H21N3O2/c1-14(20)9-17-11-18(10-16-5-8-24-19(16)17)22(13-23)7-4-15-3-2-6-21-12-15/h2-3,5-6,8,10-14H,4,7,9,20H2,1H3. The van der Waals surface area contributed by atoms with Gasteiger partial charge in [0.15, 0.2) is 0 Å². The number of carbonyl (C=O) groups is 1. The van der Waals surface area contributed by atoms with Gasteiger partial charge < -0.3 is 15.1 Å². The van der Waals surface area contributed by atoms with Crippen LogP contribution in [0.15, 0.2) is 53.4 Å². The van der Waals surface area contributed by atoms with Crippen molar-refractivity contribution in [2.45, 2.75) is 25.8 Å². The Balaban J connectivity index is 1.86. The molecule has 1 aromatic carbocycles. The summed E-state index contributed by atoms with van der Waals surface area (Å²) in [5, 5.41) is 0.983. The normalized spacial score (nSPS) is 12.2. The Morgan fingerprint density at radius 2 is 2.25 bits per heavy atom. The summed E-state index contributed by atoms with van der Waals surface area (Å²) in [7, 11) is 0. The van der Waals surface area contributed by atoms with Gasteiger partial charge in [-0.05, 0) is 55.2 Å². The van der Waals surface area contributed by atoms with E-state index in [-0.39, 0.29) is 6.04 Å². The molecule has 24 heavy (non-hydrogen) atoms. The summed E-state index contributed by atoms with van der Waals surface area (Å²) in [6, 6.07) is 9.81. The van der Waals surface area contributed by atoms with Crippen LogP contribution in [0.3, 0.4) is 0 Å². The Morgan fingerprint density at radius 3 is 2.96 bits per heavy atom. The summed E-state index contributed by atoms with van der Waals surface area (Å²) < 4.78 is 5.58. The SMILES string of the molecule is CC(N)Cc1cc(N(C=O)CCc2cccnc2)cc2ccoc12. The number of furan rings is 1. The van der Waals surface area contributed by atoms with Crippen LogP contribution in [0.5, 0.6) is 0 Å². The van der Waals surface area contributed by atoms with E-state index in [4.69, 9.17) is 10.2 Å². The van der Waals surface area contributed by atoms with E-state index in [0.717, 1.165) is 40.6 Å². The fourth-order valence-corrected chi connectivity index (χ4v) is 2.84. The van der Waals surface area contributed by atoms with Gasteiger partial charge in [-0.3, -0.25) is 9.78 Å². The highest BCUT2D eigenvalue weighted by Crippen LogP contribution is 2.28. The van der Waals surface area contributed by atoms with Crippen LogP contribution in [0.25, 0.3) is 11.0 Å². The molecule has 0 spiro atoms. The smallest absolute Gasteiger partial charge is 0.214 e. The van der Waals surface area contributed by atoms with E-state index in [1.807, 2.05) is 43.5 Å². The van der Waals surface area contributed by atoms with Crippen LogP contribution in [0.4, 0.5) is 5.69 Å². The average Bonchev–Trinajstić information content (AvgIpc) is 3.05. The second-order valence-electron chi connectivity index (χ2n) is 6.04. The molecule has 0 fully saturated rings. The van der Waals surface area contributed by atoms with Gasteiger partial charge in [-0.15, -0.1) is 0 Å². The molecule has 1 atom stereocenters. The van der Waals surface area contributed by atoms with Crippen molar-refractivity contribution in [2.24, 2.45) is 5.73 Å². The molecule has 1 amide bonds. The van der Waals surface area contributed by atoms with E-state index >= 15 is 0 Å². The maximum Gasteiger partial charge on any atom is 0.214 e. The fourth-order valence-electron chi connectivity index (χ4n) is 2.84. The predicted molar refractivity (Wildman–Crippen MR) is 94.9 cm³/mol. The number of amides is 1. The molecule has 2 heterocycles. The molecule has 0 saturated heterocycles. The molecule has 1 unspecified atom stereocenters. The van der Waals surface area contributed by atoms with Gasteiger partial charge in [0.05, 0.1) is 6.26 Å². The molecule has 0 aliphatic heterocycles. The number of nitrogens with zero attached hydrogens (tertiary/aromatic N) is 2. The highest BCUT2D eigenvalue weighted by Gasteiger charge is 2.13. The highest BCUT2D eigenvalue weighted by atomic mass is 16.3. The van der Waals surface area contributed by atoms with Gasteiger partial charge in [0.1, 0.15) is 5.58 Å². The molecule has 124 valence electrons. The zero-order valence-electron chi connectivity index (χ0n) is 13.7. The Labute approximate surface area is 141 Å². The highest BCUT2D eigenvalue weighted by molar-refractivity contribution is 5.88. The molecular weight excluding hydrogens is 302 g/mol. The quantitative estimate of drug-likeness (QED) is 0.679. The van der Waals surface area contributed by atoms with Crippen LogP contribution in [0.1, 0.15) is 18.1 Å². The predicted octanol–water partition coefficient (Wildman–Crippen LogP) is 2.92. The van der Waals surface area contributed by atoms with Crippen LogP contribution in [0, 0.1) is 0 Å². The van der Waals surface area contributed by atoms with Gasteiger partial charge in [0.2, 0.25) is 6.41 Å². The van der Waals surface area contributed by atoms with E-state index in [1.165, 1.54) is 0 Å². The third-order valence-electron chi connectivity index (χ3n) is 3.98. The molecule has 0 bridgehead atoms. The summed E-state index contributed by atoms with van der Waals surface area (Å²) in [4.78, 5) is 17.4. The molecule has 3 aromatic rings. The lowest BCUT2D eigenvalue weighted by atomic mass is 10.0. The van der Waals surface area contributed by atoms with Crippen molar-refractivity contribution in [1.29, 1.82) is 0 Å². The number of aromatic nitrogens is 1. The van der Waals surface area contributed by atoms with Crippen molar-refractivity contribution < 1.29 is 9.21 Å². The van der Waals surface area contributed by atoms with Crippen molar-refractivity contribution in [2.75, 3.05) is 11.4 Å². The summed E-state index contributed by atoms with van der Waals surface area (Å²) in [5.41, 5.74) is 9.77. The first-order valence-corrected chi connectivity index (χ1v) is 8.04. The first-order valence-electron chi connectivity index (χ1n) is 8.04. The number of anilines is 1. The lowest BCUT2D eigenvalue weighted by Gasteiger charge is -2.19. The Morgan fingerprint density at radius 1 is 1.38 bits per heavy atom. The summed E-state index contributed by atoms with van der Waals surface area (Å²) in [6.45, 7) is 2.55. The fraction of sp³-hybridized carbons (Fsp3) is 0.263. The van der Waals surface area contributed by atoms with Crippen molar-refractivity contribution in [1.82, 2.24) is 4.98 Å². The maximum absolute atomic E-state index is 11.6. The Hall–Kier alpha value is -2.66. The Kier molecular flexibility index (Phi) is 4.91. The third-order valence-corrected chi connectivity index (χ3v) is 3.98. The molecule has 5 heteroatoms. The van der Waals surface area contributed by atoms with E-state index in [1.54, 1.807) is 17.4 Å². The lowest BCUT2D eigenvalue weighted by Crippen LogP contribution is -2.24. The van der Waals surface area contributed by atoms with Crippen molar-refractivity contribution in [3.8, 4) is 0 Å². The van der Waals surface area contributed by atoms with Gasteiger partial charge in [0.25, 0.3) is 0 Å². The van der Waals surface area contributed by atoms with Crippen molar-refractivity contribution in [3.05, 3.63) is 60.1 Å². The molecule has 0 aliphatic carbocycles. The zero-order chi connectivity index (χ0) is 16.9. The molecule has 0 saturated carbocycles. The number of carbonyl (C=O) groups excluding carboxylic acids is 1. The monoisotopic (exact) mass is 323 g/mol. The molecule has 2 aromatic heterocycles. The van der Waals surface area contributed by atoms with E-state index < -0.39 is 0 Å². The van der Waals surface area contributed by atoms with Crippen molar-refractivity contribution >= 4 is 23.1 Å². The number of fused-ring (bicyclic) bond motifs is 1. The molecular formula is C19H21N3O2. The van der Waals surface area contributed by atoms with Crippen LogP contribution >= 0.6 is 0 Å². The molecule has 5 nitrogen and oxygen atoms in total. The van der Waals surface area contributed by atoms with Crippen LogP contribution in [-0.4, -0.2) is 24.0 Å². The zero-order valence-corrected chi connectivity index (χ0v) is 13.7. The van der Waals surface area contributed by atoms with Crippen LogP contribution in [-0.2, 0) is 17.6 Å². The largest absolute Gasteiger partial charge is 0.464 e. The summed E-state index contributed by atoms with van der Waals surface area (Å²) in [5.74, 6) is 0. The van der Waals surface area contributed by atoms with Gasteiger partial charge in [-0.25, -0.2) is 0 Å². The Bertz CT molecular complexity index is 812. The van der Waals surface area contributed by atoms with E-state index in [9.17, 15) is 4.79 Å². The second kappa shape index (κ2) is 7.27. The first-order chi connectivity index (χ1) is 11.7. The number of pyridine rings is 1. The lowest BCUT2D eigenvalue weighted by molar-refractivity contribution is -0.107. The molecule has 3 rings (SSSR count). The van der Waals surface area contributed by atoms with Gasteiger partial charge >= 0.3 is 0 Å². The second-order valence-corrected chi connectivity index (χ2v) is 6.04. The minimum Gasteiger partial charge on any atom is -0.464 e. The molecule has 2 N–H and O–H groups in total. The van der Waals surface area contributed by atoms with Gasteiger partial charge in [0, 0.05) is 36.1 Å². The van der Waals surface area contributed by atoms with E-state index in [0.29, 0.717) is 13.0 Å². The summed E-state index contributed by atoms with van der Waals surface area (Å²) in [6.07, 6.45) is 7.55. The number of hydrogen-bond donors (Lipinski definition) is 1. The van der Waals surface area contributed by atoms with Gasteiger partial charge in [-0.1, -0.05) is 6.07 Å². The van der Waals surface area contributed by atoms with Crippen LogP contribution in [0.2, 0.25) is 0 Å². The van der Waals surface area contributed by atoms with Crippen molar-refractivity contribution in [3.63, 3.8) is 0 Å². The number of hydrogen-bond acceptors (Lipinski definition) is 4. The first kappa shape index (κ1) is 16.2. The molecule has 0 aliphatic rings. The topological polar surface area (TPSA) is 72.4 Å². The van der Waals surface area contributed by atoms with Crippen LogP contribution < -0.4 is 10.6 Å². The number of nitrogens with two attached hydrogens (primary N) is 1. The molecule has 0 radical (unpaired) electrons. The number of benzene rings is 1. The third kappa shape index (κ3) is 3.63. The average molecular weight is 323 g/mol.